The highest BCUT2D eigenvalue weighted by molar-refractivity contribution is 5.98. The number of rotatable bonds is 10. The number of aromatic nitrogens is 2. The molecular weight excluding hydrogens is 924 g/mol. The molecule has 0 bridgehead atoms. The Morgan fingerprint density at radius 2 is 1.14 bits per heavy atom. The molecule has 6 N–H and O–H groups in total. The van der Waals surface area contributed by atoms with E-state index in [0.29, 0.717) is 74.4 Å². The second-order valence-electron chi connectivity index (χ2n) is 15.7. The summed E-state index contributed by atoms with van der Waals surface area (Å²) < 4.78 is 44.4. The maximum Gasteiger partial charge on any atom is 0.306 e. The molecule has 0 atom stereocenters. The highest BCUT2D eigenvalue weighted by atomic mass is 19.1. The van der Waals surface area contributed by atoms with Crippen molar-refractivity contribution in [3.05, 3.63) is 185 Å². The van der Waals surface area contributed by atoms with Gasteiger partial charge < -0.3 is 41.0 Å². The first-order valence-corrected chi connectivity index (χ1v) is 22.2. The number of benzene rings is 5. The lowest BCUT2D eigenvalue weighted by atomic mass is 9.96. The SMILES string of the molecule is NC(=NO)c1ccccc1F.O=C(NCC(=O)N1CCC(C(=O)O)CC1)c1ccccc1.O=C(NCC(=O)N1CCC(c2nc(-c3ccccc3F)no2)CC1)c1ccccc1.[C-]#[N+]c1ccccc1F. The minimum Gasteiger partial charge on any atom is -0.481 e. The van der Waals surface area contributed by atoms with Gasteiger partial charge in [-0.2, -0.15) is 4.98 Å². The zero-order chi connectivity index (χ0) is 51.1. The number of nitrogens with one attached hydrogen (secondary N) is 2. The fraction of sp³-hybridized carbons (Fsp3) is 0.235. The van der Waals surface area contributed by atoms with Crippen molar-refractivity contribution in [3.63, 3.8) is 0 Å². The Balaban J connectivity index is 0.000000197. The number of amidine groups is 1. The van der Waals surface area contributed by atoms with Crippen LogP contribution in [0.25, 0.3) is 16.2 Å². The number of likely N-dealkylation sites (tertiary alicyclic amines) is 2. The number of piperidine rings is 2. The lowest BCUT2D eigenvalue weighted by molar-refractivity contribution is -0.145. The number of hydrogen-bond acceptors (Lipinski definition) is 10. The topological polar surface area (TPSA) is 238 Å². The van der Waals surface area contributed by atoms with Crippen LogP contribution < -0.4 is 16.4 Å². The number of para-hydroxylation sites is 1. The van der Waals surface area contributed by atoms with E-state index >= 15 is 0 Å². The highest BCUT2D eigenvalue weighted by Gasteiger charge is 2.29. The van der Waals surface area contributed by atoms with Crippen molar-refractivity contribution in [2.75, 3.05) is 39.3 Å². The predicted molar refractivity (Wildman–Crippen MR) is 254 cm³/mol. The molecule has 2 aliphatic rings. The van der Waals surface area contributed by atoms with Crippen molar-refractivity contribution >= 4 is 41.1 Å². The second kappa shape index (κ2) is 27.2. The van der Waals surface area contributed by atoms with Crippen LogP contribution in [0.5, 0.6) is 0 Å². The summed E-state index contributed by atoms with van der Waals surface area (Å²) >= 11 is 0. The van der Waals surface area contributed by atoms with Gasteiger partial charge in [-0.3, -0.25) is 24.0 Å². The fourth-order valence-electron chi connectivity index (χ4n) is 7.09. The molecule has 2 saturated heterocycles. The van der Waals surface area contributed by atoms with Crippen LogP contribution in [0, 0.1) is 29.9 Å². The van der Waals surface area contributed by atoms with Gasteiger partial charge in [0.05, 0.1) is 36.7 Å². The van der Waals surface area contributed by atoms with Crippen LogP contribution in [-0.2, 0) is 14.4 Å². The van der Waals surface area contributed by atoms with E-state index in [9.17, 15) is 37.1 Å². The summed E-state index contributed by atoms with van der Waals surface area (Å²) in [5.74, 6) is -2.91. The molecular formula is C51H50F3N9O8. The van der Waals surface area contributed by atoms with Crippen molar-refractivity contribution in [1.29, 1.82) is 0 Å². The third kappa shape index (κ3) is 16.1. The minimum atomic E-state index is -0.806. The summed E-state index contributed by atoms with van der Waals surface area (Å²) in [4.78, 5) is 69.7. The number of nitrogens with two attached hydrogens (primary N) is 1. The number of oxime groups is 1. The Morgan fingerprint density at radius 3 is 1.61 bits per heavy atom. The Hall–Kier alpha value is -8.86. The molecule has 1 aromatic heterocycles. The average molecular weight is 974 g/mol. The zero-order valence-electron chi connectivity index (χ0n) is 38.2. The summed E-state index contributed by atoms with van der Waals surface area (Å²) in [6, 6.07) is 35.5. The van der Waals surface area contributed by atoms with Crippen molar-refractivity contribution in [1.82, 2.24) is 30.6 Å². The summed E-state index contributed by atoms with van der Waals surface area (Å²) in [5.41, 5.74) is 6.67. The van der Waals surface area contributed by atoms with E-state index in [1.165, 1.54) is 36.4 Å². The van der Waals surface area contributed by atoms with Gasteiger partial charge in [0.25, 0.3) is 11.8 Å². The summed E-state index contributed by atoms with van der Waals surface area (Å²) in [6.45, 7) is 8.28. The fourth-order valence-corrected chi connectivity index (χ4v) is 7.09. The summed E-state index contributed by atoms with van der Waals surface area (Å²) in [6.07, 6.45) is 2.26. The van der Waals surface area contributed by atoms with E-state index in [1.54, 1.807) is 94.7 Å². The molecule has 20 heteroatoms. The lowest BCUT2D eigenvalue weighted by Crippen LogP contribution is -2.45. The molecule has 71 heavy (non-hydrogen) atoms. The largest absolute Gasteiger partial charge is 0.481 e. The van der Waals surface area contributed by atoms with E-state index in [-0.39, 0.29) is 71.5 Å². The number of nitrogens with zero attached hydrogens (tertiary/aromatic N) is 6. The Bertz CT molecular complexity index is 2790. The molecule has 17 nitrogen and oxygen atoms in total. The minimum absolute atomic E-state index is 0.0148. The van der Waals surface area contributed by atoms with Gasteiger partial charge in [0.15, 0.2) is 5.84 Å². The molecule has 0 spiro atoms. The number of hydrogen-bond donors (Lipinski definition) is 5. The van der Waals surface area contributed by atoms with Crippen LogP contribution in [0.1, 0.15) is 63.8 Å². The van der Waals surface area contributed by atoms with Crippen molar-refractivity contribution in [2.45, 2.75) is 31.6 Å². The first-order chi connectivity index (χ1) is 34.3. The van der Waals surface area contributed by atoms with Gasteiger partial charge in [-0.1, -0.05) is 89.2 Å². The van der Waals surface area contributed by atoms with E-state index in [0.717, 1.165) is 0 Å². The smallest absolute Gasteiger partial charge is 0.306 e. The van der Waals surface area contributed by atoms with E-state index < -0.39 is 23.4 Å². The summed E-state index contributed by atoms with van der Waals surface area (Å²) in [7, 11) is 0. The number of carboxylic acids is 1. The zero-order valence-corrected chi connectivity index (χ0v) is 38.2. The molecule has 0 unspecified atom stereocenters. The molecule has 8 rings (SSSR count). The maximum absolute atomic E-state index is 13.9. The monoisotopic (exact) mass is 973 g/mol. The van der Waals surface area contributed by atoms with Crippen LogP contribution in [0.15, 0.2) is 143 Å². The van der Waals surface area contributed by atoms with Gasteiger partial charge in [-0.25, -0.2) is 18.0 Å². The molecule has 0 aliphatic carbocycles. The van der Waals surface area contributed by atoms with E-state index in [2.05, 4.69) is 30.8 Å². The van der Waals surface area contributed by atoms with Gasteiger partial charge in [0, 0.05) is 43.2 Å². The van der Waals surface area contributed by atoms with Gasteiger partial charge in [-0.05, 0) is 80.3 Å². The predicted octanol–water partition coefficient (Wildman–Crippen LogP) is 7.05. The van der Waals surface area contributed by atoms with Crippen LogP contribution >= 0.6 is 0 Å². The van der Waals surface area contributed by atoms with Crippen molar-refractivity contribution in [2.24, 2.45) is 16.8 Å². The first kappa shape index (κ1) is 53.1. The standard InChI is InChI=1S/C22H21FN4O3.C15H18N2O4.C7H7FN2O.C7H4FN/c23-18-9-5-4-8-17(18)20-25-22(30-26-20)16-10-12-27(13-11-16)19(28)14-24-21(29)15-6-2-1-3-7-15;18-13(17-8-6-12(7-9-17)15(20)21)10-16-14(19)11-4-2-1-3-5-11;8-6-4-2-1-3-5(6)7(9)10-11;1-9-7-5-3-2-4-6(7)8/h1-9,16H,10-14H2,(H,24,29);1-5,12H,6-10H2,(H,16,19)(H,20,21);1-4,11H,(H2,9,10);2-5H. The van der Waals surface area contributed by atoms with Gasteiger partial charge in [-0.15, -0.1) is 0 Å². The number of halogens is 3. The normalized spacial score (nSPS) is 13.6. The molecule has 368 valence electrons. The number of carboxylic acid groups (broad SMARTS) is 1. The molecule has 6 aromatic rings. The molecule has 2 fully saturated rings. The quantitative estimate of drug-likeness (QED) is 0.0307. The Morgan fingerprint density at radius 1 is 0.676 bits per heavy atom. The molecule has 4 amide bonds. The van der Waals surface area contributed by atoms with Gasteiger partial charge in [0.2, 0.25) is 29.2 Å². The number of carbonyl (C=O) groups excluding carboxylic acids is 4. The number of aliphatic carboxylic acids is 1. The molecule has 0 radical (unpaired) electrons. The third-order valence-electron chi connectivity index (χ3n) is 11.1. The van der Waals surface area contributed by atoms with Gasteiger partial charge in [0.1, 0.15) is 17.5 Å². The van der Waals surface area contributed by atoms with Crippen LogP contribution in [0.4, 0.5) is 18.9 Å². The summed E-state index contributed by atoms with van der Waals surface area (Å²) in [5, 5.41) is 28.9. The third-order valence-corrected chi connectivity index (χ3v) is 11.1. The van der Waals surface area contributed by atoms with Crippen molar-refractivity contribution < 1.29 is 52.0 Å². The first-order valence-electron chi connectivity index (χ1n) is 22.2. The number of amides is 4. The van der Waals surface area contributed by atoms with Crippen molar-refractivity contribution in [3.8, 4) is 11.4 Å². The average Bonchev–Trinajstić information content (AvgIpc) is 3.91. The lowest BCUT2D eigenvalue weighted by Gasteiger charge is -2.30. The number of carbonyl (C=O) groups is 5. The molecule has 2 aliphatic heterocycles. The van der Waals surface area contributed by atoms with E-state index in [1.807, 2.05) is 12.1 Å². The van der Waals surface area contributed by atoms with Crippen LogP contribution in [0.2, 0.25) is 0 Å². The van der Waals surface area contributed by atoms with Gasteiger partial charge >= 0.3 is 5.97 Å². The molecule has 5 aromatic carbocycles. The second-order valence-corrected chi connectivity index (χ2v) is 15.7. The Labute approximate surface area is 406 Å². The highest BCUT2D eigenvalue weighted by Crippen LogP contribution is 2.29. The molecule has 0 saturated carbocycles. The van der Waals surface area contributed by atoms with E-state index in [4.69, 9.17) is 27.1 Å². The Kier molecular flexibility index (Phi) is 20.4. The van der Waals surface area contributed by atoms with Crippen LogP contribution in [0.3, 0.4) is 0 Å². The van der Waals surface area contributed by atoms with Crippen LogP contribution in [-0.4, -0.2) is 105 Å². The maximum atomic E-state index is 13.9. The molecule has 3 heterocycles.